The van der Waals surface area contributed by atoms with Gasteiger partial charge < -0.3 is 15.2 Å². The average Bonchev–Trinajstić information content (AvgIpc) is 3.28. The third-order valence-corrected chi connectivity index (χ3v) is 4.54. The normalized spacial score (nSPS) is 16.5. The smallest absolute Gasteiger partial charge is 0.191 e. The molecule has 1 fully saturated rings. The summed E-state index contributed by atoms with van der Waals surface area (Å²) < 4.78 is 7.16. The van der Waals surface area contributed by atoms with Crippen molar-refractivity contribution in [1.29, 1.82) is 0 Å². The van der Waals surface area contributed by atoms with Crippen molar-refractivity contribution in [3.63, 3.8) is 0 Å². The van der Waals surface area contributed by atoms with E-state index in [4.69, 9.17) is 10.3 Å². The number of likely N-dealkylation sites (tertiary alicyclic amines) is 1. The lowest BCUT2D eigenvalue weighted by Crippen LogP contribution is -2.31. The zero-order valence-corrected chi connectivity index (χ0v) is 13.5. The number of rotatable bonds is 3. The van der Waals surface area contributed by atoms with Gasteiger partial charge in [0.15, 0.2) is 5.76 Å². The molecular weight excluding hydrogens is 306 g/mol. The number of nitrogens with zero attached hydrogens (tertiary/aromatic N) is 6. The predicted molar refractivity (Wildman–Crippen MR) is 88.9 cm³/mol. The maximum Gasteiger partial charge on any atom is 0.191 e. The van der Waals surface area contributed by atoms with E-state index in [1.165, 1.54) is 6.20 Å². The second-order valence-corrected chi connectivity index (χ2v) is 6.18. The highest BCUT2D eigenvalue weighted by Crippen LogP contribution is 2.30. The molecule has 0 aliphatic carbocycles. The van der Waals surface area contributed by atoms with Gasteiger partial charge in [0.1, 0.15) is 5.82 Å². The van der Waals surface area contributed by atoms with E-state index < -0.39 is 0 Å². The van der Waals surface area contributed by atoms with Crippen LogP contribution in [0.5, 0.6) is 0 Å². The van der Waals surface area contributed by atoms with Crippen LogP contribution in [0.15, 0.2) is 35.4 Å². The Labute approximate surface area is 139 Å². The van der Waals surface area contributed by atoms with Crippen LogP contribution in [0.4, 0.5) is 5.82 Å². The van der Waals surface area contributed by atoms with Gasteiger partial charge in [0.25, 0.3) is 0 Å². The number of hydrogen-bond donors (Lipinski definition) is 1. The molecule has 4 heterocycles. The van der Waals surface area contributed by atoms with E-state index in [2.05, 4.69) is 43.3 Å². The van der Waals surface area contributed by atoms with Gasteiger partial charge in [-0.15, -0.1) is 5.10 Å². The highest BCUT2D eigenvalue weighted by atomic mass is 16.5. The summed E-state index contributed by atoms with van der Waals surface area (Å²) >= 11 is 0. The molecule has 2 N–H and O–H groups in total. The van der Waals surface area contributed by atoms with E-state index in [1.807, 2.05) is 12.3 Å². The number of piperidine rings is 1. The first-order valence-electron chi connectivity index (χ1n) is 7.97. The SMILES string of the molecule is CN1CCC(n2cc(-c3cnc(N)c(-c4cnno4)c3)cn2)CC1. The number of pyridine rings is 1. The molecule has 0 spiro atoms. The third-order valence-electron chi connectivity index (χ3n) is 4.54. The van der Waals surface area contributed by atoms with Crippen LogP contribution in [-0.4, -0.2) is 50.2 Å². The summed E-state index contributed by atoms with van der Waals surface area (Å²) in [6.07, 6.45) is 9.45. The Hall–Kier alpha value is -2.74. The zero-order chi connectivity index (χ0) is 16.5. The first-order chi connectivity index (χ1) is 11.7. The molecule has 1 aliphatic rings. The first kappa shape index (κ1) is 14.8. The summed E-state index contributed by atoms with van der Waals surface area (Å²) in [5.41, 5.74) is 8.58. The summed E-state index contributed by atoms with van der Waals surface area (Å²) in [4.78, 5) is 6.61. The number of hydrogen-bond acceptors (Lipinski definition) is 7. The summed E-state index contributed by atoms with van der Waals surface area (Å²) in [7, 11) is 2.16. The van der Waals surface area contributed by atoms with Gasteiger partial charge >= 0.3 is 0 Å². The molecular formula is C16H19N7O. The van der Waals surface area contributed by atoms with Gasteiger partial charge in [-0.05, 0) is 39.0 Å². The Morgan fingerprint density at radius 1 is 1.17 bits per heavy atom. The lowest BCUT2D eigenvalue weighted by Gasteiger charge is -2.28. The zero-order valence-electron chi connectivity index (χ0n) is 13.5. The van der Waals surface area contributed by atoms with Gasteiger partial charge in [0.05, 0.1) is 24.0 Å². The highest BCUT2D eigenvalue weighted by molar-refractivity contribution is 5.75. The van der Waals surface area contributed by atoms with Crippen LogP contribution in [0.25, 0.3) is 22.5 Å². The largest absolute Gasteiger partial charge is 0.383 e. The van der Waals surface area contributed by atoms with Crippen molar-refractivity contribution in [2.75, 3.05) is 25.9 Å². The van der Waals surface area contributed by atoms with Crippen molar-refractivity contribution in [2.24, 2.45) is 0 Å². The number of nitrogen functional groups attached to an aromatic ring is 1. The second-order valence-electron chi connectivity index (χ2n) is 6.18. The molecule has 24 heavy (non-hydrogen) atoms. The lowest BCUT2D eigenvalue weighted by molar-refractivity contribution is 0.212. The van der Waals surface area contributed by atoms with Gasteiger partial charge in [-0.25, -0.2) is 4.98 Å². The highest BCUT2D eigenvalue weighted by Gasteiger charge is 2.19. The van der Waals surface area contributed by atoms with Crippen molar-refractivity contribution in [3.8, 4) is 22.5 Å². The van der Waals surface area contributed by atoms with E-state index in [9.17, 15) is 0 Å². The van der Waals surface area contributed by atoms with Gasteiger partial charge in [0, 0.05) is 28.8 Å². The molecule has 0 atom stereocenters. The molecule has 124 valence electrons. The van der Waals surface area contributed by atoms with E-state index >= 15 is 0 Å². The van der Waals surface area contributed by atoms with Crippen molar-refractivity contribution in [2.45, 2.75) is 18.9 Å². The molecule has 8 heteroatoms. The van der Waals surface area contributed by atoms with Crippen LogP contribution in [0, 0.1) is 0 Å². The van der Waals surface area contributed by atoms with Crippen molar-refractivity contribution in [1.82, 2.24) is 30.0 Å². The number of nitrogens with two attached hydrogens (primary N) is 1. The van der Waals surface area contributed by atoms with E-state index in [0.717, 1.165) is 37.1 Å². The molecule has 8 nitrogen and oxygen atoms in total. The van der Waals surface area contributed by atoms with E-state index in [0.29, 0.717) is 23.2 Å². The van der Waals surface area contributed by atoms with Gasteiger partial charge in [0.2, 0.25) is 0 Å². The molecule has 1 saturated heterocycles. The molecule has 0 radical (unpaired) electrons. The minimum Gasteiger partial charge on any atom is -0.383 e. The molecule has 0 aromatic carbocycles. The Kier molecular flexibility index (Phi) is 3.73. The molecule has 0 bridgehead atoms. The van der Waals surface area contributed by atoms with Crippen molar-refractivity contribution in [3.05, 3.63) is 30.9 Å². The predicted octanol–water partition coefficient (Wildman–Crippen LogP) is 1.84. The maximum absolute atomic E-state index is 5.94. The van der Waals surface area contributed by atoms with Gasteiger partial charge in [-0.3, -0.25) is 4.68 Å². The Bertz CT molecular complexity index is 819. The fourth-order valence-electron chi connectivity index (χ4n) is 3.06. The first-order valence-corrected chi connectivity index (χ1v) is 7.97. The Balaban J connectivity index is 1.62. The molecule has 3 aromatic rings. The topological polar surface area (TPSA) is 98.9 Å². The van der Waals surface area contributed by atoms with Crippen LogP contribution in [0.2, 0.25) is 0 Å². The van der Waals surface area contributed by atoms with Crippen LogP contribution in [0.1, 0.15) is 18.9 Å². The number of anilines is 1. The van der Waals surface area contributed by atoms with Crippen LogP contribution >= 0.6 is 0 Å². The minimum atomic E-state index is 0.389. The van der Waals surface area contributed by atoms with Gasteiger partial charge in [-0.1, -0.05) is 0 Å². The molecule has 0 unspecified atom stereocenters. The lowest BCUT2D eigenvalue weighted by atomic mass is 10.1. The standard InChI is InChI=1S/C16H19N7O/c1-22-4-2-13(3-5-22)23-10-12(8-20-23)11-6-14(16(17)18-7-11)15-9-19-21-24-15/h6-10,13H,2-5H2,1H3,(H2,17,18). The minimum absolute atomic E-state index is 0.389. The van der Waals surface area contributed by atoms with Crippen LogP contribution in [0.3, 0.4) is 0 Å². The summed E-state index contributed by atoms with van der Waals surface area (Å²) in [6, 6.07) is 2.38. The average molecular weight is 325 g/mol. The summed E-state index contributed by atoms with van der Waals surface area (Å²) in [6.45, 7) is 2.21. The fraction of sp³-hybridized carbons (Fsp3) is 0.375. The third kappa shape index (κ3) is 2.76. The molecule has 0 amide bonds. The number of aromatic nitrogens is 5. The van der Waals surface area contributed by atoms with Gasteiger partial charge in [-0.2, -0.15) is 5.10 Å². The fourth-order valence-corrected chi connectivity index (χ4v) is 3.06. The second kappa shape index (κ2) is 6.04. The van der Waals surface area contributed by atoms with Crippen molar-refractivity contribution < 1.29 is 4.52 Å². The van der Waals surface area contributed by atoms with Crippen molar-refractivity contribution >= 4 is 5.82 Å². The van der Waals surface area contributed by atoms with Crippen LogP contribution < -0.4 is 5.73 Å². The van der Waals surface area contributed by atoms with Crippen LogP contribution in [-0.2, 0) is 0 Å². The summed E-state index contributed by atoms with van der Waals surface area (Å²) in [5.74, 6) is 0.893. The molecule has 0 saturated carbocycles. The Morgan fingerprint density at radius 3 is 2.75 bits per heavy atom. The monoisotopic (exact) mass is 325 g/mol. The maximum atomic E-state index is 5.94. The molecule has 4 rings (SSSR count). The van der Waals surface area contributed by atoms with E-state index in [1.54, 1.807) is 6.20 Å². The van der Waals surface area contributed by atoms with E-state index in [-0.39, 0.29) is 0 Å². The quantitative estimate of drug-likeness (QED) is 0.784. The Morgan fingerprint density at radius 2 is 2.00 bits per heavy atom. The summed E-state index contributed by atoms with van der Waals surface area (Å²) in [5, 5.41) is 11.7. The molecule has 1 aliphatic heterocycles. The molecule has 3 aromatic heterocycles.